The smallest absolute Gasteiger partial charge is 0.243 e. The van der Waals surface area contributed by atoms with Crippen molar-refractivity contribution in [1.29, 1.82) is 0 Å². The van der Waals surface area contributed by atoms with Crippen molar-refractivity contribution in [1.82, 2.24) is 4.31 Å². The van der Waals surface area contributed by atoms with Gasteiger partial charge in [0, 0.05) is 40.8 Å². The Labute approximate surface area is 267 Å². The van der Waals surface area contributed by atoms with Gasteiger partial charge in [-0.25, -0.2) is 8.42 Å². The van der Waals surface area contributed by atoms with Gasteiger partial charge in [0.25, 0.3) is 0 Å². The number of benzene rings is 5. The van der Waals surface area contributed by atoms with Gasteiger partial charge in [-0.1, -0.05) is 32.0 Å². The van der Waals surface area contributed by atoms with E-state index in [0.717, 1.165) is 16.8 Å². The molecule has 0 aliphatic rings. The summed E-state index contributed by atoms with van der Waals surface area (Å²) in [7, 11) is -3.57. The van der Waals surface area contributed by atoms with Crippen LogP contribution in [0.5, 0.6) is 11.5 Å². The summed E-state index contributed by atoms with van der Waals surface area (Å²) in [4.78, 5) is 0.596. The number of phenols is 2. The Balaban J connectivity index is 1.34. The molecular weight excluding hydrogens is 609 g/mol. The van der Waals surface area contributed by atoms with Crippen LogP contribution >= 0.6 is 12.6 Å². The van der Waals surface area contributed by atoms with Gasteiger partial charge in [-0.05, 0) is 84.6 Å². The van der Waals surface area contributed by atoms with Crippen LogP contribution in [0.3, 0.4) is 0 Å². The van der Waals surface area contributed by atoms with E-state index in [1.54, 1.807) is 51.1 Å². The minimum atomic E-state index is -3.57. The average molecular weight is 641 g/mol. The molecule has 0 fully saturated rings. The third-order valence-corrected chi connectivity index (χ3v) is 9.54. The molecule has 0 atom stereocenters. The highest BCUT2D eigenvalue weighted by Crippen LogP contribution is 2.43. The quantitative estimate of drug-likeness (QED) is 0.0889. The summed E-state index contributed by atoms with van der Waals surface area (Å²) in [6.07, 6.45) is 0. The molecule has 230 valence electrons. The maximum Gasteiger partial charge on any atom is 0.243 e. The molecule has 0 amide bonds. The number of aryl methyl sites for hydroxylation is 1. The number of sulfonamides is 1. The SMILES string of the molecule is CCN(CC)S(=O)(=O)c1ccc(N=Nc2cc(O)c(N=Nc3c(S)cc4cc(Nc5ccccc5)ccc4c3O)cc2C)cc1. The first-order valence-corrected chi connectivity index (χ1v) is 16.1. The lowest BCUT2D eigenvalue weighted by Crippen LogP contribution is -2.30. The van der Waals surface area contributed by atoms with Crippen molar-refractivity contribution in [3.8, 4) is 11.5 Å². The van der Waals surface area contributed by atoms with E-state index in [4.69, 9.17) is 0 Å². The lowest BCUT2D eigenvalue weighted by molar-refractivity contribution is 0.445. The van der Waals surface area contributed by atoms with Crippen LogP contribution in [0, 0.1) is 6.92 Å². The molecule has 10 nitrogen and oxygen atoms in total. The van der Waals surface area contributed by atoms with Crippen LogP contribution < -0.4 is 5.32 Å². The van der Waals surface area contributed by atoms with E-state index in [0.29, 0.717) is 40.3 Å². The summed E-state index contributed by atoms with van der Waals surface area (Å²) < 4.78 is 26.8. The van der Waals surface area contributed by atoms with Crippen LogP contribution in [0.2, 0.25) is 0 Å². The maximum atomic E-state index is 12.7. The molecule has 0 bridgehead atoms. The van der Waals surface area contributed by atoms with E-state index in [2.05, 4.69) is 38.4 Å². The maximum absolute atomic E-state index is 12.7. The highest BCUT2D eigenvalue weighted by Gasteiger charge is 2.21. The van der Waals surface area contributed by atoms with Crippen LogP contribution in [0.15, 0.2) is 121 Å². The lowest BCUT2D eigenvalue weighted by atomic mass is 10.1. The van der Waals surface area contributed by atoms with Gasteiger partial charge < -0.3 is 15.5 Å². The minimum absolute atomic E-state index is 0.0786. The predicted octanol–water partition coefficient (Wildman–Crippen LogP) is 9.45. The van der Waals surface area contributed by atoms with E-state index >= 15 is 0 Å². The Morgan fingerprint density at radius 3 is 2.16 bits per heavy atom. The fourth-order valence-corrected chi connectivity index (χ4v) is 6.45. The van der Waals surface area contributed by atoms with Gasteiger partial charge in [0.1, 0.15) is 17.1 Å². The fraction of sp³-hybridized carbons (Fsp3) is 0.152. The molecular formula is C33H32N6O4S2. The fourth-order valence-electron chi connectivity index (χ4n) is 4.70. The minimum Gasteiger partial charge on any atom is -0.506 e. The van der Waals surface area contributed by atoms with Gasteiger partial charge in [-0.15, -0.1) is 22.9 Å². The number of nitrogens with one attached hydrogen (secondary N) is 1. The Bertz CT molecular complexity index is 2010. The van der Waals surface area contributed by atoms with Gasteiger partial charge >= 0.3 is 0 Å². The van der Waals surface area contributed by atoms with Gasteiger partial charge in [0.15, 0.2) is 5.75 Å². The molecule has 0 aliphatic heterocycles. The molecule has 5 aromatic carbocycles. The van der Waals surface area contributed by atoms with Crippen molar-refractivity contribution in [2.24, 2.45) is 20.5 Å². The number of nitrogens with zero attached hydrogens (tertiary/aromatic N) is 5. The second-order valence-corrected chi connectivity index (χ2v) is 12.6. The van der Waals surface area contributed by atoms with Crippen molar-refractivity contribution < 1.29 is 18.6 Å². The molecule has 45 heavy (non-hydrogen) atoms. The monoisotopic (exact) mass is 640 g/mol. The van der Waals surface area contributed by atoms with Gasteiger partial charge in [0.2, 0.25) is 10.0 Å². The van der Waals surface area contributed by atoms with Gasteiger partial charge in [-0.3, -0.25) is 0 Å². The molecule has 0 heterocycles. The number of para-hydroxylation sites is 1. The van der Waals surface area contributed by atoms with Crippen molar-refractivity contribution in [2.45, 2.75) is 30.6 Å². The topological polar surface area (TPSA) is 139 Å². The van der Waals surface area contributed by atoms with E-state index in [-0.39, 0.29) is 27.8 Å². The van der Waals surface area contributed by atoms with Crippen molar-refractivity contribution in [3.63, 3.8) is 0 Å². The van der Waals surface area contributed by atoms with Crippen LogP contribution in [0.25, 0.3) is 10.8 Å². The molecule has 5 rings (SSSR count). The predicted molar refractivity (Wildman–Crippen MR) is 180 cm³/mol. The van der Waals surface area contributed by atoms with Crippen LogP contribution in [-0.2, 0) is 10.0 Å². The standard InChI is InChI=1S/C33H32N6O4S2/c1-4-39(5-2)45(42,43)26-14-11-24(12-15-26)35-36-28-20-30(40)29(17-21(28)3)37-38-32-31(44)19-22-18-25(13-16-27(22)33(32)41)34-23-9-7-6-8-10-23/h6-20,34,40-41,44H,4-5H2,1-3H3. The number of hydrogen-bond acceptors (Lipinski definition) is 10. The first kappa shape index (κ1) is 31.6. The molecule has 3 N–H and O–H groups in total. The molecule has 0 saturated heterocycles. The second kappa shape index (κ2) is 13.5. The Kier molecular flexibility index (Phi) is 9.47. The average Bonchev–Trinajstić information content (AvgIpc) is 3.02. The van der Waals surface area contributed by atoms with Crippen LogP contribution in [0.4, 0.5) is 34.1 Å². The second-order valence-electron chi connectivity index (χ2n) is 10.1. The molecule has 0 spiro atoms. The lowest BCUT2D eigenvalue weighted by Gasteiger charge is -2.18. The Morgan fingerprint density at radius 2 is 1.47 bits per heavy atom. The van der Waals surface area contributed by atoms with Crippen molar-refractivity contribution >= 4 is 67.5 Å². The van der Waals surface area contributed by atoms with E-state index < -0.39 is 10.0 Å². The van der Waals surface area contributed by atoms with E-state index in [1.165, 1.54) is 22.5 Å². The van der Waals surface area contributed by atoms with Crippen LogP contribution in [-0.4, -0.2) is 36.0 Å². The number of aromatic hydroxyl groups is 2. The highest BCUT2D eigenvalue weighted by atomic mass is 32.2. The zero-order valence-corrected chi connectivity index (χ0v) is 26.6. The van der Waals surface area contributed by atoms with Gasteiger partial charge in [-0.2, -0.15) is 14.5 Å². The first-order chi connectivity index (χ1) is 21.6. The number of phenolic OH excluding ortho intramolecular Hbond substituents is 2. The zero-order chi connectivity index (χ0) is 32.1. The zero-order valence-electron chi connectivity index (χ0n) is 24.9. The number of rotatable bonds is 10. The summed E-state index contributed by atoms with van der Waals surface area (Å²) in [5.41, 5.74) is 3.65. The number of anilines is 2. The summed E-state index contributed by atoms with van der Waals surface area (Å²) in [5.74, 6) is -0.262. The molecule has 0 saturated carbocycles. The third-order valence-electron chi connectivity index (χ3n) is 7.13. The number of azo groups is 2. The molecule has 0 aliphatic carbocycles. The first-order valence-electron chi connectivity index (χ1n) is 14.2. The largest absolute Gasteiger partial charge is 0.506 e. The molecule has 12 heteroatoms. The van der Waals surface area contributed by atoms with Crippen molar-refractivity contribution in [2.75, 3.05) is 18.4 Å². The Hall–Kier alpha value is -4.78. The molecule has 0 aromatic heterocycles. The third kappa shape index (κ3) is 6.98. The Morgan fingerprint density at radius 1 is 0.778 bits per heavy atom. The normalized spacial score (nSPS) is 12.1. The molecule has 0 unspecified atom stereocenters. The molecule has 5 aromatic rings. The van der Waals surface area contributed by atoms with E-state index in [1.807, 2.05) is 42.5 Å². The van der Waals surface area contributed by atoms with Crippen LogP contribution in [0.1, 0.15) is 19.4 Å². The summed E-state index contributed by atoms with van der Waals surface area (Å²) in [6, 6.07) is 26.3. The van der Waals surface area contributed by atoms with Crippen molar-refractivity contribution in [3.05, 3.63) is 96.6 Å². The number of thiol groups is 1. The summed E-state index contributed by atoms with van der Waals surface area (Å²) in [6.45, 7) is 6.13. The summed E-state index contributed by atoms with van der Waals surface area (Å²) >= 11 is 4.53. The number of fused-ring (bicyclic) bond motifs is 1. The highest BCUT2D eigenvalue weighted by molar-refractivity contribution is 7.89. The summed E-state index contributed by atoms with van der Waals surface area (Å²) in [5, 5.41) is 43.2. The molecule has 0 radical (unpaired) electrons. The van der Waals surface area contributed by atoms with Gasteiger partial charge in [0.05, 0.1) is 16.3 Å². The number of hydrogen-bond donors (Lipinski definition) is 4. The van der Waals surface area contributed by atoms with E-state index in [9.17, 15) is 18.6 Å².